The number of benzene rings is 1. The van der Waals surface area contributed by atoms with Gasteiger partial charge in [-0.3, -0.25) is 4.79 Å². The summed E-state index contributed by atoms with van der Waals surface area (Å²) in [5.74, 6) is -1.22. The summed E-state index contributed by atoms with van der Waals surface area (Å²) in [6.07, 6.45) is -0.0605. The molecule has 1 fully saturated rings. The molecule has 1 aromatic rings. The molecule has 0 radical (unpaired) electrons. The van der Waals surface area contributed by atoms with Crippen molar-refractivity contribution >= 4 is 29.2 Å². The molecule has 0 aliphatic carbocycles. The van der Waals surface area contributed by atoms with Crippen LogP contribution in [0.1, 0.15) is 12.8 Å². The van der Waals surface area contributed by atoms with Crippen molar-refractivity contribution in [3.05, 3.63) is 23.2 Å². The number of anilines is 1. The molecule has 0 spiro atoms. The fourth-order valence-corrected chi connectivity index (χ4v) is 2.61. The van der Waals surface area contributed by atoms with E-state index in [4.69, 9.17) is 21.4 Å². The van der Waals surface area contributed by atoms with Crippen molar-refractivity contribution in [3.8, 4) is 5.75 Å². The normalized spacial score (nSPS) is 20.4. The molecular formula is C15H18ClFN2O4. The fraction of sp³-hybridized carbons (Fsp3) is 0.467. The minimum atomic E-state index is -2.33. The number of aliphatic carboxylic acids is 1. The van der Waals surface area contributed by atoms with Gasteiger partial charge in [-0.1, -0.05) is 11.6 Å². The van der Waals surface area contributed by atoms with Crippen LogP contribution in [0.5, 0.6) is 5.75 Å². The van der Waals surface area contributed by atoms with Gasteiger partial charge in [-0.25, -0.2) is 9.18 Å². The highest BCUT2D eigenvalue weighted by Gasteiger charge is 2.46. The number of likely N-dealkylation sites (tertiary alicyclic amines) is 1. The molecule has 0 bridgehead atoms. The monoisotopic (exact) mass is 344 g/mol. The number of nitrogens with one attached hydrogen (secondary N) is 1. The summed E-state index contributed by atoms with van der Waals surface area (Å²) in [4.78, 5) is 24.1. The highest BCUT2D eigenvalue weighted by Crippen LogP contribution is 2.28. The third kappa shape index (κ3) is 4.04. The summed E-state index contributed by atoms with van der Waals surface area (Å²) < 4.78 is 19.1. The molecule has 2 rings (SSSR count). The number of rotatable bonds is 6. The molecule has 0 aromatic heterocycles. The van der Waals surface area contributed by atoms with Crippen molar-refractivity contribution in [2.24, 2.45) is 0 Å². The van der Waals surface area contributed by atoms with Gasteiger partial charge in [-0.05, 0) is 18.2 Å². The fourth-order valence-electron chi connectivity index (χ4n) is 2.44. The molecule has 1 amide bonds. The molecule has 1 unspecified atom stereocenters. The number of hydrogen-bond donors (Lipinski definition) is 2. The molecule has 1 heterocycles. The third-order valence-corrected chi connectivity index (χ3v) is 4.01. The van der Waals surface area contributed by atoms with Gasteiger partial charge in [-0.2, -0.15) is 0 Å². The van der Waals surface area contributed by atoms with Gasteiger partial charge in [0.1, 0.15) is 5.75 Å². The van der Waals surface area contributed by atoms with E-state index < -0.39 is 18.2 Å². The SMILES string of the molecule is COc1ccc(Cl)cc1NCCC(=O)N1CCC(F)(C(=O)O)C1. The summed E-state index contributed by atoms with van der Waals surface area (Å²) in [5, 5.41) is 12.4. The van der Waals surface area contributed by atoms with Crippen molar-refractivity contribution in [1.82, 2.24) is 4.90 Å². The summed E-state index contributed by atoms with van der Waals surface area (Å²) >= 11 is 5.91. The average Bonchev–Trinajstić information content (AvgIpc) is 2.91. The minimum Gasteiger partial charge on any atom is -0.495 e. The van der Waals surface area contributed by atoms with Gasteiger partial charge in [0.05, 0.1) is 19.3 Å². The van der Waals surface area contributed by atoms with Gasteiger partial charge in [0.2, 0.25) is 11.6 Å². The van der Waals surface area contributed by atoms with Crippen LogP contribution in [-0.4, -0.2) is 54.3 Å². The van der Waals surface area contributed by atoms with E-state index in [1.165, 1.54) is 12.0 Å². The largest absolute Gasteiger partial charge is 0.495 e. The highest BCUT2D eigenvalue weighted by molar-refractivity contribution is 6.30. The second-order valence-corrected chi connectivity index (χ2v) is 5.79. The van der Waals surface area contributed by atoms with Crippen LogP contribution in [0.3, 0.4) is 0 Å². The average molecular weight is 345 g/mol. The van der Waals surface area contributed by atoms with Crippen LogP contribution in [0.25, 0.3) is 0 Å². The zero-order chi connectivity index (χ0) is 17.0. The second-order valence-electron chi connectivity index (χ2n) is 5.36. The maximum atomic E-state index is 13.9. The maximum absolute atomic E-state index is 13.9. The van der Waals surface area contributed by atoms with E-state index >= 15 is 0 Å². The first-order valence-corrected chi connectivity index (χ1v) is 7.51. The maximum Gasteiger partial charge on any atom is 0.343 e. The van der Waals surface area contributed by atoms with E-state index in [-0.39, 0.29) is 25.3 Å². The summed E-state index contributed by atoms with van der Waals surface area (Å²) in [6.45, 7) is 0.0160. The van der Waals surface area contributed by atoms with E-state index in [9.17, 15) is 14.0 Å². The summed E-state index contributed by atoms with van der Waals surface area (Å²) in [7, 11) is 1.52. The van der Waals surface area contributed by atoms with E-state index in [0.717, 1.165) is 0 Å². The zero-order valence-electron chi connectivity index (χ0n) is 12.6. The number of methoxy groups -OCH3 is 1. The van der Waals surface area contributed by atoms with Gasteiger partial charge < -0.3 is 20.1 Å². The lowest BCUT2D eigenvalue weighted by molar-refractivity contribution is -0.150. The van der Waals surface area contributed by atoms with Gasteiger partial charge in [0.15, 0.2) is 0 Å². The number of carboxylic acids is 1. The number of ether oxygens (including phenoxy) is 1. The van der Waals surface area contributed by atoms with Crippen molar-refractivity contribution in [2.75, 3.05) is 32.1 Å². The molecule has 6 nitrogen and oxygen atoms in total. The summed E-state index contributed by atoms with van der Waals surface area (Å²) in [5.41, 5.74) is -1.68. The predicted octanol–water partition coefficient (Wildman–Crippen LogP) is 2.18. The molecular weight excluding hydrogens is 327 g/mol. The Kier molecular flexibility index (Phi) is 5.30. The standard InChI is InChI=1S/C15H18ClFN2O4/c1-23-12-3-2-10(16)8-11(12)18-6-4-13(20)19-7-5-15(17,9-19)14(21)22/h2-3,8,18H,4-7,9H2,1H3,(H,21,22). The quantitative estimate of drug-likeness (QED) is 0.827. The van der Waals surface area contributed by atoms with Gasteiger partial charge in [0.25, 0.3) is 0 Å². The van der Waals surface area contributed by atoms with Crippen molar-refractivity contribution in [3.63, 3.8) is 0 Å². The third-order valence-electron chi connectivity index (χ3n) is 3.77. The number of alkyl halides is 1. The van der Waals surface area contributed by atoms with Crippen molar-refractivity contribution in [2.45, 2.75) is 18.5 Å². The second kappa shape index (κ2) is 7.04. The van der Waals surface area contributed by atoms with Crippen LogP contribution < -0.4 is 10.1 Å². The van der Waals surface area contributed by atoms with Crippen LogP contribution in [0, 0.1) is 0 Å². The Hall–Kier alpha value is -2.02. The number of carbonyl (C=O) groups excluding carboxylic acids is 1. The predicted molar refractivity (Wildman–Crippen MR) is 83.8 cm³/mol. The van der Waals surface area contributed by atoms with Crippen molar-refractivity contribution < 1.29 is 23.8 Å². The van der Waals surface area contributed by atoms with Crippen LogP contribution >= 0.6 is 11.6 Å². The molecule has 2 N–H and O–H groups in total. The smallest absolute Gasteiger partial charge is 0.343 e. The van der Waals surface area contributed by atoms with Crippen molar-refractivity contribution in [1.29, 1.82) is 0 Å². The lowest BCUT2D eigenvalue weighted by atomic mass is 10.1. The molecule has 23 heavy (non-hydrogen) atoms. The molecule has 1 aliphatic rings. The Morgan fingerprint density at radius 3 is 2.87 bits per heavy atom. The first-order chi connectivity index (χ1) is 10.9. The molecule has 1 saturated heterocycles. The first kappa shape index (κ1) is 17.3. The van der Waals surface area contributed by atoms with E-state index in [1.807, 2.05) is 0 Å². The number of carboxylic acid groups (broad SMARTS) is 1. The summed E-state index contributed by atoms with van der Waals surface area (Å²) in [6, 6.07) is 5.07. The lowest BCUT2D eigenvalue weighted by Crippen LogP contribution is -2.39. The van der Waals surface area contributed by atoms with Crippen LogP contribution in [0.2, 0.25) is 5.02 Å². The van der Waals surface area contributed by atoms with E-state index in [1.54, 1.807) is 18.2 Å². The van der Waals surface area contributed by atoms with Gasteiger partial charge in [0, 0.05) is 31.0 Å². The number of carbonyl (C=O) groups is 2. The molecule has 8 heteroatoms. The number of hydrogen-bond acceptors (Lipinski definition) is 4. The van der Waals surface area contributed by atoms with E-state index in [0.29, 0.717) is 23.0 Å². The molecule has 1 atom stereocenters. The Bertz CT molecular complexity index is 613. The molecule has 126 valence electrons. The molecule has 1 aliphatic heterocycles. The lowest BCUT2D eigenvalue weighted by Gasteiger charge is -2.18. The van der Waals surface area contributed by atoms with Crippen LogP contribution in [0.4, 0.5) is 10.1 Å². The van der Waals surface area contributed by atoms with E-state index in [2.05, 4.69) is 5.32 Å². The van der Waals surface area contributed by atoms with Crippen LogP contribution in [0.15, 0.2) is 18.2 Å². The topological polar surface area (TPSA) is 78.9 Å². The Morgan fingerprint density at radius 1 is 1.52 bits per heavy atom. The van der Waals surface area contributed by atoms with Gasteiger partial charge >= 0.3 is 5.97 Å². The molecule has 1 aromatic carbocycles. The highest BCUT2D eigenvalue weighted by atomic mass is 35.5. The number of halogens is 2. The number of amides is 1. The Morgan fingerprint density at radius 2 is 2.26 bits per heavy atom. The molecule has 0 saturated carbocycles. The first-order valence-electron chi connectivity index (χ1n) is 7.13. The Labute approximate surface area is 138 Å². The minimum absolute atomic E-state index is 0.113. The van der Waals surface area contributed by atoms with Gasteiger partial charge in [-0.15, -0.1) is 0 Å². The zero-order valence-corrected chi connectivity index (χ0v) is 13.4. The van der Waals surface area contributed by atoms with Crippen LogP contribution in [-0.2, 0) is 9.59 Å². The number of nitrogens with zero attached hydrogens (tertiary/aromatic N) is 1. The Balaban J connectivity index is 1.86.